The molecule has 14 heavy (non-hydrogen) atoms. The quantitative estimate of drug-likeness (QED) is 0.763. The lowest BCUT2D eigenvalue weighted by atomic mass is 10.1. The second-order valence-electron chi connectivity index (χ2n) is 3.32. The van der Waals surface area contributed by atoms with Gasteiger partial charge in [0.05, 0.1) is 6.04 Å². The second-order valence-corrected chi connectivity index (χ2v) is 3.73. The van der Waals surface area contributed by atoms with E-state index in [1.807, 2.05) is 0 Å². The summed E-state index contributed by atoms with van der Waals surface area (Å²) >= 11 is 5.91. The first-order valence-corrected chi connectivity index (χ1v) is 4.79. The van der Waals surface area contributed by atoms with E-state index in [4.69, 9.17) is 11.6 Å². The Morgan fingerprint density at radius 1 is 1.50 bits per heavy atom. The summed E-state index contributed by atoms with van der Waals surface area (Å²) in [6, 6.07) is 4.06. The molecule has 1 aliphatic heterocycles. The van der Waals surface area contributed by atoms with Gasteiger partial charge in [0.15, 0.2) is 0 Å². The lowest BCUT2D eigenvalue weighted by Crippen LogP contribution is -2.18. The molecule has 0 saturated carbocycles. The molecule has 0 radical (unpaired) electrons. The van der Waals surface area contributed by atoms with Gasteiger partial charge >= 0.3 is 0 Å². The number of carbonyl (C=O) groups is 1. The molecule has 0 aromatic heterocycles. The van der Waals surface area contributed by atoms with Crippen molar-refractivity contribution in [2.45, 2.75) is 18.9 Å². The zero-order chi connectivity index (χ0) is 10.1. The smallest absolute Gasteiger partial charge is 0.220 e. The number of hydrogen-bond acceptors (Lipinski definition) is 1. The molecule has 0 unspecified atom stereocenters. The van der Waals surface area contributed by atoms with Gasteiger partial charge in [-0.25, -0.2) is 4.39 Å². The average molecular weight is 214 g/mol. The minimum absolute atomic E-state index is 0.00433. The van der Waals surface area contributed by atoms with Crippen molar-refractivity contribution < 1.29 is 9.18 Å². The number of benzene rings is 1. The molecule has 1 aromatic carbocycles. The first-order valence-electron chi connectivity index (χ1n) is 4.41. The van der Waals surface area contributed by atoms with E-state index in [-0.39, 0.29) is 17.8 Å². The fraction of sp³-hybridized carbons (Fsp3) is 0.300. The lowest BCUT2D eigenvalue weighted by Gasteiger charge is -2.11. The predicted octanol–water partition coefficient (Wildman–Crippen LogP) is 2.43. The van der Waals surface area contributed by atoms with E-state index in [9.17, 15) is 9.18 Å². The third-order valence-corrected chi connectivity index (χ3v) is 2.67. The highest BCUT2D eigenvalue weighted by atomic mass is 35.5. The van der Waals surface area contributed by atoms with Crippen molar-refractivity contribution in [1.29, 1.82) is 0 Å². The molecule has 0 aliphatic carbocycles. The second kappa shape index (κ2) is 3.58. The Morgan fingerprint density at radius 2 is 2.29 bits per heavy atom. The van der Waals surface area contributed by atoms with Crippen LogP contribution in [0.4, 0.5) is 4.39 Å². The third kappa shape index (κ3) is 1.73. The number of amides is 1. The normalized spacial score (nSPS) is 21.0. The summed E-state index contributed by atoms with van der Waals surface area (Å²) in [5.74, 6) is -0.333. The topological polar surface area (TPSA) is 29.1 Å². The largest absolute Gasteiger partial charge is 0.349 e. The lowest BCUT2D eigenvalue weighted by molar-refractivity contribution is -0.119. The summed E-state index contributed by atoms with van der Waals surface area (Å²) in [6.45, 7) is 0. The van der Waals surface area contributed by atoms with Crippen LogP contribution in [0.2, 0.25) is 5.02 Å². The van der Waals surface area contributed by atoms with Crippen molar-refractivity contribution in [2.75, 3.05) is 0 Å². The van der Waals surface area contributed by atoms with E-state index in [0.29, 0.717) is 23.4 Å². The van der Waals surface area contributed by atoms with Crippen LogP contribution in [0.25, 0.3) is 0 Å². The monoisotopic (exact) mass is 213 g/mol. The zero-order valence-electron chi connectivity index (χ0n) is 7.39. The van der Waals surface area contributed by atoms with Crippen molar-refractivity contribution in [3.63, 3.8) is 0 Å². The number of halogens is 2. The Morgan fingerprint density at radius 3 is 2.93 bits per heavy atom. The Balaban J connectivity index is 2.31. The Kier molecular flexibility index (Phi) is 2.42. The van der Waals surface area contributed by atoms with E-state index in [1.165, 1.54) is 18.2 Å². The molecular formula is C10H9ClFNO. The van der Waals surface area contributed by atoms with Gasteiger partial charge in [-0.05, 0) is 30.2 Å². The molecule has 1 aliphatic rings. The number of rotatable bonds is 1. The molecule has 1 fully saturated rings. The standard InChI is InChI=1S/C10H9ClFNO/c11-8-2-1-6(12)5-7(8)9-3-4-10(14)13-9/h1-2,5,9H,3-4H2,(H,13,14)/t9-/m0/s1. The van der Waals surface area contributed by atoms with Crippen LogP contribution in [0.1, 0.15) is 24.4 Å². The molecule has 1 amide bonds. The number of nitrogens with one attached hydrogen (secondary N) is 1. The van der Waals surface area contributed by atoms with Crippen LogP contribution in [-0.4, -0.2) is 5.91 Å². The Labute approximate surface area is 86.1 Å². The van der Waals surface area contributed by atoms with Crippen molar-refractivity contribution in [3.8, 4) is 0 Å². The van der Waals surface area contributed by atoms with Gasteiger partial charge in [-0.15, -0.1) is 0 Å². The van der Waals surface area contributed by atoms with Crippen LogP contribution < -0.4 is 5.32 Å². The van der Waals surface area contributed by atoms with Crippen molar-refractivity contribution >= 4 is 17.5 Å². The minimum atomic E-state index is -0.328. The third-order valence-electron chi connectivity index (χ3n) is 2.33. The molecule has 0 spiro atoms. The van der Waals surface area contributed by atoms with Crippen LogP contribution >= 0.6 is 11.6 Å². The summed E-state index contributed by atoms with van der Waals surface area (Å²) in [7, 11) is 0. The van der Waals surface area contributed by atoms with Gasteiger partial charge in [-0.3, -0.25) is 4.79 Å². The minimum Gasteiger partial charge on any atom is -0.349 e. The van der Waals surface area contributed by atoms with Crippen LogP contribution in [0.15, 0.2) is 18.2 Å². The predicted molar refractivity (Wildman–Crippen MR) is 51.5 cm³/mol. The maximum Gasteiger partial charge on any atom is 0.220 e. The average Bonchev–Trinajstić information content (AvgIpc) is 2.56. The van der Waals surface area contributed by atoms with Crippen LogP contribution in [-0.2, 0) is 4.79 Å². The van der Waals surface area contributed by atoms with Gasteiger partial charge < -0.3 is 5.32 Å². The summed E-state index contributed by atoms with van der Waals surface area (Å²) in [5, 5.41) is 3.25. The van der Waals surface area contributed by atoms with Gasteiger partial charge in [-0.2, -0.15) is 0 Å². The molecular weight excluding hydrogens is 205 g/mol. The van der Waals surface area contributed by atoms with E-state index >= 15 is 0 Å². The van der Waals surface area contributed by atoms with E-state index in [0.717, 1.165) is 0 Å². The van der Waals surface area contributed by atoms with Crippen LogP contribution in [0.5, 0.6) is 0 Å². The van der Waals surface area contributed by atoms with Gasteiger partial charge in [0.2, 0.25) is 5.91 Å². The zero-order valence-corrected chi connectivity index (χ0v) is 8.14. The first-order chi connectivity index (χ1) is 6.66. The molecule has 1 atom stereocenters. The molecule has 1 N–H and O–H groups in total. The van der Waals surface area contributed by atoms with Crippen molar-refractivity contribution in [3.05, 3.63) is 34.6 Å². The highest BCUT2D eigenvalue weighted by Crippen LogP contribution is 2.29. The first kappa shape index (κ1) is 9.46. The molecule has 2 rings (SSSR count). The molecule has 1 heterocycles. The molecule has 74 valence electrons. The summed E-state index contributed by atoms with van der Waals surface area (Å²) in [5.41, 5.74) is 0.664. The number of carbonyl (C=O) groups excluding carboxylic acids is 1. The maximum absolute atomic E-state index is 12.9. The SMILES string of the molecule is O=C1CC[C@@H](c2cc(F)ccc2Cl)N1. The molecule has 4 heteroatoms. The maximum atomic E-state index is 12.9. The van der Waals surface area contributed by atoms with Gasteiger partial charge in [0.25, 0.3) is 0 Å². The number of hydrogen-bond donors (Lipinski definition) is 1. The van der Waals surface area contributed by atoms with E-state index in [2.05, 4.69) is 5.32 Å². The fourth-order valence-electron chi connectivity index (χ4n) is 1.63. The van der Waals surface area contributed by atoms with Crippen molar-refractivity contribution in [1.82, 2.24) is 5.32 Å². The van der Waals surface area contributed by atoms with E-state index in [1.54, 1.807) is 0 Å². The fourth-order valence-corrected chi connectivity index (χ4v) is 1.88. The Hall–Kier alpha value is -1.09. The Bertz CT molecular complexity index is 380. The van der Waals surface area contributed by atoms with Crippen molar-refractivity contribution in [2.24, 2.45) is 0 Å². The molecule has 0 bridgehead atoms. The molecule has 1 saturated heterocycles. The summed E-state index contributed by atoms with van der Waals surface area (Å²) < 4.78 is 12.9. The highest BCUT2D eigenvalue weighted by molar-refractivity contribution is 6.31. The summed E-state index contributed by atoms with van der Waals surface area (Å²) in [4.78, 5) is 11.0. The van der Waals surface area contributed by atoms with Gasteiger partial charge in [0, 0.05) is 11.4 Å². The summed E-state index contributed by atoms with van der Waals surface area (Å²) in [6.07, 6.45) is 1.17. The molecule has 1 aromatic rings. The van der Waals surface area contributed by atoms with Crippen LogP contribution in [0, 0.1) is 5.82 Å². The highest BCUT2D eigenvalue weighted by Gasteiger charge is 2.24. The molecule has 2 nitrogen and oxygen atoms in total. The van der Waals surface area contributed by atoms with Gasteiger partial charge in [0.1, 0.15) is 5.82 Å². The van der Waals surface area contributed by atoms with E-state index < -0.39 is 0 Å². The van der Waals surface area contributed by atoms with Crippen LogP contribution in [0.3, 0.4) is 0 Å². The van der Waals surface area contributed by atoms with Gasteiger partial charge in [-0.1, -0.05) is 11.6 Å².